The molecule has 0 bridgehead atoms. The first-order valence-electron chi connectivity index (χ1n) is 8.54. The monoisotopic (exact) mass is 383 g/mol. The van der Waals surface area contributed by atoms with Crippen LogP contribution in [0.4, 0.5) is 5.13 Å². The van der Waals surface area contributed by atoms with Crippen LogP contribution in [0.25, 0.3) is 0 Å². The Kier molecular flexibility index (Phi) is 7.10. The van der Waals surface area contributed by atoms with Crippen molar-refractivity contribution in [2.45, 2.75) is 27.2 Å². The number of carbonyl (C=O) groups excluding carboxylic acids is 3. The molecule has 1 atom stereocenters. The van der Waals surface area contributed by atoms with Gasteiger partial charge in [0.15, 0.2) is 5.13 Å². The number of likely N-dealkylation sites (tertiary alicyclic amines) is 1. The van der Waals surface area contributed by atoms with Crippen molar-refractivity contribution in [1.29, 1.82) is 0 Å². The lowest BCUT2D eigenvalue weighted by molar-refractivity contribution is -0.128. The number of nitrogens with zero attached hydrogens (tertiary/aromatic N) is 2. The smallest absolute Gasteiger partial charge is 0.350 e. The lowest BCUT2D eigenvalue weighted by Gasteiger charge is -2.15. The van der Waals surface area contributed by atoms with Crippen molar-refractivity contribution in [2.75, 3.05) is 38.7 Å². The number of aromatic nitrogens is 1. The van der Waals surface area contributed by atoms with E-state index in [1.165, 1.54) is 0 Å². The summed E-state index contributed by atoms with van der Waals surface area (Å²) in [5.41, 5.74) is 0.517. The molecule has 0 spiro atoms. The summed E-state index contributed by atoms with van der Waals surface area (Å²) in [4.78, 5) is 42.7. The molecule has 1 unspecified atom stereocenters. The largest absolute Gasteiger partial charge is 0.461 e. The molecule has 144 valence electrons. The van der Waals surface area contributed by atoms with Gasteiger partial charge in [-0.25, -0.2) is 9.78 Å². The van der Waals surface area contributed by atoms with E-state index in [0.29, 0.717) is 42.0 Å². The first-order valence-corrected chi connectivity index (χ1v) is 9.35. The van der Waals surface area contributed by atoms with Crippen molar-refractivity contribution in [3.8, 4) is 0 Å². The molecule has 9 heteroatoms. The number of nitrogens with one attached hydrogen (secondary N) is 1. The second-order valence-corrected chi connectivity index (χ2v) is 7.65. The van der Waals surface area contributed by atoms with Gasteiger partial charge in [0.05, 0.1) is 24.8 Å². The molecule has 1 fully saturated rings. The van der Waals surface area contributed by atoms with E-state index in [0.717, 1.165) is 11.3 Å². The zero-order valence-electron chi connectivity index (χ0n) is 15.5. The number of rotatable bonds is 8. The summed E-state index contributed by atoms with van der Waals surface area (Å²) >= 11 is 1.09. The fraction of sp³-hybridized carbons (Fsp3) is 0.647. The highest BCUT2D eigenvalue weighted by molar-refractivity contribution is 7.17. The van der Waals surface area contributed by atoms with Crippen LogP contribution in [0.15, 0.2) is 0 Å². The van der Waals surface area contributed by atoms with E-state index in [2.05, 4.69) is 10.3 Å². The molecule has 2 rings (SSSR count). The Labute approximate surface area is 156 Å². The third-order valence-electron chi connectivity index (χ3n) is 3.91. The molecule has 0 saturated carbocycles. The third-order valence-corrected chi connectivity index (χ3v) is 4.96. The van der Waals surface area contributed by atoms with Crippen LogP contribution >= 0.6 is 11.3 Å². The van der Waals surface area contributed by atoms with Crippen molar-refractivity contribution in [1.82, 2.24) is 9.88 Å². The summed E-state index contributed by atoms with van der Waals surface area (Å²) < 4.78 is 10.2. The second-order valence-electron chi connectivity index (χ2n) is 6.65. The number of hydrogen-bond acceptors (Lipinski definition) is 7. The van der Waals surface area contributed by atoms with E-state index < -0.39 is 11.9 Å². The SMILES string of the molecule is COCCN1CC(C(=O)Nc2nc(C)c(C(=O)OCC(C)C)s2)CC1=O. The van der Waals surface area contributed by atoms with Crippen molar-refractivity contribution in [3.05, 3.63) is 10.6 Å². The molecule has 2 amide bonds. The van der Waals surface area contributed by atoms with E-state index in [1.54, 1.807) is 18.9 Å². The predicted molar refractivity (Wildman–Crippen MR) is 97.2 cm³/mol. The van der Waals surface area contributed by atoms with E-state index in [1.807, 2.05) is 13.8 Å². The third kappa shape index (κ3) is 5.25. The Morgan fingerprint density at radius 3 is 2.81 bits per heavy atom. The lowest BCUT2D eigenvalue weighted by Crippen LogP contribution is -2.30. The standard InChI is InChI=1S/C17H25N3O5S/c1-10(2)9-25-16(23)14-11(3)18-17(26-14)19-15(22)12-7-13(21)20(8-12)5-6-24-4/h10,12H,5-9H2,1-4H3,(H,18,19,22). The molecular weight excluding hydrogens is 358 g/mol. The zero-order valence-corrected chi connectivity index (χ0v) is 16.4. The quantitative estimate of drug-likeness (QED) is 0.686. The molecule has 1 N–H and O–H groups in total. The normalized spacial score (nSPS) is 17.0. The lowest BCUT2D eigenvalue weighted by atomic mass is 10.1. The van der Waals surface area contributed by atoms with Gasteiger partial charge < -0.3 is 19.7 Å². The Balaban J connectivity index is 1.94. The minimum Gasteiger partial charge on any atom is -0.461 e. The Hall–Kier alpha value is -2.00. The van der Waals surface area contributed by atoms with Gasteiger partial charge in [0.25, 0.3) is 0 Å². The summed E-state index contributed by atoms with van der Waals surface area (Å²) in [5.74, 6) is -0.951. The number of amides is 2. The van der Waals surface area contributed by atoms with Crippen LogP contribution in [0.2, 0.25) is 0 Å². The number of aryl methyl sites for hydroxylation is 1. The van der Waals surface area contributed by atoms with Gasteiger partial charge in [-0.3, -0.25) is 9.59 Å². The Morgan fingerprint density at radius 1 is 1.42 bits per heavy atom. The maximum atomic E-state index is 12.4. The molecule has 8 nitrogen and oxygen atoms in total. The summed E-state index contributed by atoms with van der Waals surface area (Å²) in [6, 6.07) is 0. The minimum absolute atomic E-state index is 0.0597. The summed E-state index contributed by atoms with van der Waals surface area (Å²) in [6.45, 7) is 7.22. The molecule has 0 radical (unpaired) electrons. The summed E-state index contributed by atoms with van der Waals surface area (Å²) in [5, 5.41) is 3.05. The van der Waals surface area contributed by atoms with E-state index in [4.69, 9.17) is 9.47 Å². The zero-order chi connectivity index (χ0) is 19.3. The van der Waals surface area contributed by atoms with Crippen LogP contribution in [0.3, 0.4) is 0 Å². The molecule has 26 heavy (non-hydrogen) atoms. The highest BCUT2D eigenvalue weighted by Crippen LogP contribution is 2.25. The summed E-state index contributed by atoms with van der Waals surface area (Å²) in [6.07, 6.45) is 0.170. The molecule has 1 saturated heterocycles. The molecule has 0 aromatic carbocycles. The van der Waals surface area contributed by atoms with Crippen LogP contribution in [0.5, 0.6) is 0 Å². The van der Waals surface area contributed by atoms with Gasteiger partial charge in [-0.2, -0.15) is 0 Å². The second kappa shape index (κ2) is 9.09. The molecular formula is C17H25N3O5S. The molecule has 2 heterocycles. The van der Waals surface area contributed by atoms with Gasteiger partial charge in [-0.15, -0.1) is 0 Å². The number of anilines is 1. The highest BCUT2D eigenvalue weighted by atomic mass is 32.1. The van der Waals surface area contributed by atoms with Gasteiger partial charge >= 0.3 is 5.97 Å². The highest BCUT2D eigenvalue weighted by Gasteiger charge is 2.34. The molecule has 1 aromatic heterocycles. The predicted octanol–water partition coefficient (Wildman–Crippen LogP) is 1.70. The molecule has 1 aliphatic heterocycles. The van der Waals surface area contributed by atoms with Crippen molar-refractivity contribution in [3.63, 3.8) is 0 Å². The number of methoxy groups -OCH3 is 1. The van der Waals surface area contributed by atoms with Crippen molar-refractivity contribution in [2.24, 2.45) is 11.8 Å². The van der Waals surface area contributed by atoms with Gasteiger partial charge in [0.1, 0.15) is 4.88 Å². The number of thiazole rings is 1. The number of esters is 1. The average molecular weight is 383 g/mol. The fourth-order valence-corrected chi connectivity index (χ4v) is 3.38. The Morgan fingerprint density at radius 2 is 2.15 bits per heavy atom. The average Bonchev–Trinajstić information content (AvgIpc) is 3.13. The van der Waals surface area contributed by atoms with Gasteiger partial charge in [-0.05, 0) is 12.8 Å². The van der Waals surface area contributed by atoms with E-state index in [9.17, 15) is 14.4 Å². The van der Waals surface area contributed by atoms with Gasteiger partial charge in [-0.1, -0.05) is 25.2 Å². The summed E-state index contributed by atoms with van der Waals surface area (Å²) in [7, 11) is 1.57. The number of hydrogen-bond donors (Lipinski definition) is 1. The minimum atomic E-state index is -0.434. The fourth-order valence-electron chi connectivity index (χ4n) is 2.52. The van der Waals surface area contributed by atoms with Crippen LogP contribution in [0, 0.1) is 18.8 Å². The van der Waals surface area contributed by atoms with E-state index in [-0.39, 0.29) is 24.2 Å². The first kappa shape index (κ1) is 20.3. The number of carbonyl (C=O) groups is 3. The Bertz CT molecular complexity index is 673. The van der Waals surface area contributed by atoms with Gasteiger partial charge in [0.2, 0.25) is 11.8 Å². The molecule has 0 aliphatic carbocycles. The molecule has 1 aliphatic rings. The van der Waals surface area contributed by atoms with Crippen LogP contribution in [-0.4, -0.2) is 61.1 Å². The van der Waals surface area contributed by atoms with Crippen LogP contribution in [-0.2, 0) is 19.1 Å². The molecule has 1 aromatic rings. The van der Waals surface area contributed by atoms with Crippen LogP contribution < -0.4 is 5.32 Å². The topological polar surface area (TPSA) is 97.8 Å². The first-order chi connectivity index (χ1) is 12.3. The van der Waals surface area contributed by atoms with Crippen molar-refractivity contribution >= 4 is 34.3 Å². The number of ether oxygens (including phenoxy) is 2. The van der Waals surface area contributed by atoms with Gasteiger partial charge in [0, 0.05) is 26.6 Å². The maximum Gasteiger partial charge on any atom is 0.350 e. The van der Waals surface area contributed by atoms with E-state index >= 15 is 0 Å². The maximum absolute atomic E-state index is 12.4. The van der Waals surface area contributed by atoms with Crippen molar-refractivity contribution < 1.29 is 23.9 Å². The van der Waals surface area contributed by atoms with Crippen LogP contribution in [0.1, 0.15) is 35.6 Å².